The second-order valence-electron chi connectivity index (χ2n) is 4.04. The van der Waals surface area contributed by atoms with Gasteiger partial charge in [-0.05, 0) is 37.1 Å². The van der Waals surface area contributed by atoms with Crippen LogP contribution in [0.5, 0.6) is 5.75 Å². The van der Waals surface area contributed by atoms with Crippen LogP contribution < -0.4 is 10.1 Å². The summed E-state index contributed by atoms with van der Waals surface area (Å²) in [7, 11) is 0. The SMILES string of the molecule is Cc1cc(C)cc(OC[C@@H]2CNC(=O)O2)c1. The third kappa shape index (κ3) is 2.66. The minimum atomic E-state index is -0.367. The Balaban J connectivity index is 1.91. The molecule has 1 N–H and O–H groups in total. The minimum absolute atomic E-state index is 0.187. The van der Waals surface area contributed by atoms with Crippen LogP contribution in [-0.4, -0.2) is 25.3 Å². The highest BCUT2D eigenvalue weighted by Crippen LogP contribution is 2.16. The number of alkyl carbamates (subject to hydrolysis) is 1. The van der Waals surface area contributed by atoms with Crippen LogP contribution in [0.15, 0.2) is 18.2 Å². The molecule has 1 aromatic carbocycles. The van der Waals surface area contributed by atoms with Crippen molar-refractivity contribution in [1.82, 2.24) is 5.32 Å². The summed E-state index contributed by atoms with van der Waals surface area (Å²) in [6.07, 6.45) is -0.553. The molecule has 0 radical (unpaired) electrons. The molecule has 0 spiro atoms. The van der Waals surface area contributed by atoms with Crippen LogP contribution in [0.3, 0.4) is 0 Å². The largest absolute Gasteiger partial charge is 0.490 e. The van der Waals surface area contributed by atoms with Crippen molar-refractivity contribution in [2.24, 2.45) is 0 Å². The molecule has 0 unspecified atom stereocenters. The van der Waals surface area contributed by atoms with Crippen LogP contribution in [0, 0.1) is 13.8 Å². The minimum Gasteiger partial charge on any atom is -0.490 e. The third-order valence-electron chi connectivity index (χ3n) is 2.38. The molecule has 1 aliphatic rings. The van der Waals surface area contributed by atoms with Gasteiger partial charge in [-0.1, -0.05) is 6.07 Å². The van der Waals surface area contributed by atoms with E-state index in [-0.39, 0.29) is 12.2 Å². The first-order valence-corrected chi connectivity index (χ1v) is 5.29. The van der Waals surface area contributed by atoms with E-state index in [1.165, 1.54) is 0 Å². The Labute approximate surface area is 94.6 Å². The smallest absolute Gasteiger partial charge is 0.407 e. The predicted octanol–water partition coefficient (Wildman–Crippen LogP) is 1.79. The predicted molar refractivity (Wildman–Crippen MR) is 59.7 cm³/mol. The van der Waals surface area contributed by atoms with Crippen LogP contribution in [0.25, 0.3) is 0 Å². The number of nitrogens with one attached hydrogen (secondary N) is 1. The van der Waals surface area contributed by atoms with Crippen molar-refractivity contribution >= 4 is 6.09 Å². The second kappa shape index (κ2) is 4.43. The normalized spacial score (nSPS) is 19.1. The monoisotopic (exact) mass is 221 g/mol. The summed E-state index contributed by atoms with van der Waals surface area (Å²) in [6.45, 7) is 4.96. The number of cyclic esters (lactones) is 1. The molecule has 1 aliphatic heterocycles. The molecule has 1 heterocycles. The maximum atomic E-state index is 10.8. The third-order valence-corrected chi connectivity index (χ3v) is 2.38. The van der Waals surface area contributed by atoms with Gasteiger partial charge in [0, 0.05) is 0 Å². The Kier molecular flexibility index (Phi) is 2.99. The Bertz CT molecular complexity index is 383. The van der Waals surface area contributed by atoms with E-state index in [1.54, 1.807) is 0 Å². The number of ether oxygens (including phenoxy) is 2. The highest BCUT2D eigenvalue weighted by Gasteiger charge is 2.22. The van der Waals surface area contributed by atoms with E-state index in [9.17, 15) is 4.79 Å². The Morgan fingerprint density at radius 3 is 2.62 bits per heavy atom. The van der Waals surface area contributed by atoms with E-state index >= 15 is 0 Å². The number of hydrogen-bond acceptors (Lipinski definition) is 3. The maximum absolute atomic E-state index is 10.8. The van der Waals surface area contributed by atoms with Crippen LogP contribution in [0.1, 0.15) is 11.1 Å². The van der Waals surface area contributed by atoms with Gasteiger partial charge in [0.15, 0.2) is 6.10 Å². The van der Waals surface area contributed by atoms with E-state index < -0.39 is 0 Å². The van der Waals surface area contributed by atoms with Crippen LogP contribution in [0.2, 0.25) is 0 Å². The van der Waals surface area contributed by atoms with Crippen LogP contribution >= 0.6 is 0 Å². The molecule has 1 saturated heterocycles. The lowest BCUT2D eigenvalue weighted by molar-refractivity contribution is 0.105. The molecular formula is C12H15NO3. The Hall–Kier alpha value is -1.71. The van der Waals surface area contributed by atoms with Gasteiger partial charge >= 0.3 is 6.09 Å². The maximum Gasteiger partial charge on any atom is 0.407 e. The molecule has 1 aromatic rings. The van der Waals surface area contributed by atoms with Gasteiger partial charge in [0.25, 0.3) is 0 Å². The number of benzene rings is 1. The molecule has 16 heavy (non-hydrogen) atoms. The first-order valence-electron chi connectivity index (χ1n) is 5.29. The fraction of sp³-hybridized carbons (Fsp3) is 0.417. The standard InChI is InChI=1S/C12H15NO3/c1-8-3-9(2)5-10(4-8)15-7-11-6-13-12(14)16-11/h3-5,11H,6-7H2,1-2H3,(H,13,14)/t11-/m0/s1. The molecule has 0 saturated carbocycles. The van der Waals surface area contributed by atoms with Crippen molar-refractivity contribution < 1.29 is 14.3 Å². The zero-order chi connectivity index (χ0) is 11.5. The fourth-order valence-corrected chi connectivity index (χ4v) is 1.73. The topological polar surface area (TPSA) is 47.6 Å². The molecule has 0 aliphatic carbocycles. The van der Waals surface area contributed by atoms with Gasteiger partial charge in [-0.15, -0.1) is 0 Å². The van der Waals surface area contributed by atoms with Crippen molar-refractivity contribution in [2.45, 2.75) is 20.0 Å². The number of amides is 1. The zero-order valence-corrected chi connectivity index (χ0v) is 9.45. The summed E-state index contributed by atoms with van der Waals surface area (Å²) in [5.41, 5.74) is 2.33. The van der Waals surface area contributed by atoms with Gasteiger partial charge in [-0.2, -0.15) is 0 Å². The summed E-state index contributed by atoms with van der Waals surface area (Å²) in [5, 5.41) is 2.59. The summed E-state index contributed by atoms with van der Waals surface area (Å²) < 4.78 is 10.6. The van der Waals surface area contributed by atoms with Crippen molar-refractivity contribution in [1.29, 1.82) is 0 Å². The number of hydrogen-bond donors (Lipinski definition) is 1. The molecular weight excluding hydrogens is 206 g/mol. The number of aryl methyl sites for hydroxylation is 2. The number of carbonyl (C=O) groups is 1. The average molecular weight is 221 g/mol. The van der Waals surface area contributed by atoms with E-state index in [0.29, 0.717) is 13.2 Å². The first-order chi connectivity index (χ1) is 7.63. The van der Waals surface area contributed by atoms with E-state index in [0.717, 1.165) is 16.9 Å². The number of rotatable bonds is 3. The van der Waals surface area contributed by atoms with Crippen molar-refractivity contribution in [3.63, 3.8) is 0 Å². The Morgan fingerprint density at radius 2 is 2.06 bits per heavy atom. The molecule has 86 valence electrons. The van der Waals surface area contributed by atoms with Gasteiger partial charge in [-0.3, -0.25) is 0 Å². The second-order valence-corrected chi connectivity index (χ2v) is 4.04. The molecule has 0 aromatic heterocycles. The van der Waals surface area contributed by atoms with Gasteiger partial charge in [0.05, 0.1) is 6.54 Å². The molecule has 4 nitrogen and oxygen atoms in total. The molecule has 2 rings (SSSR count). The summed E-state index contributed by atoms with van der Waals surface area (Å²) in [5.74, 6) is 0.820. The Morgan fingerprint density at radius 1 is 1.38 bits per heavy atom. The molecule has 1 fully saturated rings. The molecule has 0 bridgehead atoms. The van der Waals surface area contributed by atoms with Crippen molar-refractivity contribution in [3.05, 3.63) is 29.3 Å². The first kappa shape index (κ1) is 10.8. The summed E-state index contributed by atoms with van der Waals surface area (Å²) >= 11 is 0. The van der Waals surface area contributed by atoms with Gasteiger partial charge in [0.2, 0.25) is 0 Å². The van der Waals surface area contributed by atoms with Gasteiger partial charge < -0.3 is 14.8 Å². The lowest BCUT2D eigenvalue weighted by atomic mass is 10.1. The number of carbonyl (C=O) groups excluding carboxylic acids is 1. The highest BCUT2D eigenvalue weighted by molar-refractivity contribution is 5.69. The lowest BCUT2D eigenvalue weighted by Crippen LogP contribution is -2.21. The van der Waals surface area contributed by atoms with Crippen LogP contribution in [0.4, 0.5) is 4.79 Å². The molecule has 1 atom stereocenters. The fourth-order valence-electron chi connectivity index (χ4n) is 1.73. The van der Waals surface area contributed by atoms with Crippen molar-refractivity contribution in [2.75, 3.05) is 13.2 Å². The zero-order valence-electron chi connectivity index (χ0n) is 9.45. The lowest BCUT2D eigenvalue weighted by Gasteiger charge is -2.11. The van der Waals surface area contributed by atoms with Crippen molar-refractivity contribution in [3.8, 4) is 5.75 Å². The molecule has 4 heteroatoms. The van der Waals surface area contributed by atoms with Gasteiger partial charge in [-0.25, -0.2) is 4.79 Å². The summed E-state index contributed by atoms with van der Waals surface area (Å²) in [6, 6.07) is 6.03. The summed E-state index contributed by atoms with van der Waals surface area (Å²) in [4.78, 5) is 10.8. The van der Waals surface area contributed by atoms with Gasteiger partial charge in [0.1, 0.15) is 12.4 Å². The quantitative estimate of drug-likeness (QED) is 0.846. The van der Waals surface area contributed by atoms with E-state index in [4.69, 9.17) is 9.47 Å². The van der Waals surface area contributed by atoms with E-state index in [2.05, 4.69) is 11.4 Å². The van der Waals surface area contributed by atoms with Crippen LogP contribution in [-0.2, 0) is 4.74 Å². The highest BCUT2D eigenvalue weighted by atomic mass is 16.6. The molecule has 1 amide bonds. The van der Waals surface area contributed by atoms with E-state index in [1.807, 2.05) is 26.0 Å². The average Bonchev–Trinajstić information content (AvgIpc) is 2.60.